The Morgan fingerprint density at radius 1 is 0.861 bits per heavy atom. The van der Waals surface area contributed by atoms with Gasteiger partial charge in [0.05, 0.1) is 5.52 Å². The summed E-state index contributed by atoms with van der Waals surface area (Å²) in [4.78, 5) is 12.3. The molecule has 0 aliphatic heterocycles. The minimum atomic E-state index is -2.62. The van der Waals surface area contributed by atoms with Gasteiger partial charge in [0.25, 0.3) is 8.32 Å². The van der Waals surface area contributed by atoms with E-state index in [0.717, 1.165) is 12.8 Å². The molecule has 0 unspecified atom stereocenters. The standard InChI is InChI=1S/C31H36FNO2Si/c1-23(33-21-20-30(34)28-19-18-25(32)22-29(28)33)16-17-24(2)35-36(31(3,4)5,26-12-8-6-9-13-26)27-14-10-7-11-15-27/h6-15,18-24H,16-17H2,1-5H3/t23-,24-/m0/s1. The van der Waals surface area contributed by atoms with E-state index in [4.69, 9.17) is 4.43 Å². The number of aromatic nitrogens is 1. The highest BCUT2D eigenvalue weighted by Crippen LogP contribution is 2.38. The minimum absolute atomic E-state index is 0.0149. The predicted molar refractivity (Wildman–Crippen MR) is 150 cm³/mol. The molecule has 0 fully saturated rings. The van der Waals surface area contributed by atoms with Gasteiger partial charge in [-0.1, -0.05) is 81.4 Å². The third-order valence-corrected chi connectivity index (χ3v) is 12.3. The third-order valence-electron chi connectivity index (χ3n) is 7.15. The van der Waals surface area contributed by atoms with Crippen molar-refractivity contribution in [2.75, 3.05) is 0 Å². The first-order chi connectivity index (χ1) is 17.1. The maximum atomic E-state index is 14.0. The van der Waals surface area contributed by atoms with Crippen molar-refractivity contribution >= 4 is 29.6 Å². The number of fused-ring (bicyclic) bond motifs is 1. The number of benzene rings is 3. The van der Waals surface area contributed by atoms with Gasteiger partial charge >= 0.3 is 0 Å². The van der Waals surface area contributed by atoms with Gasteiger partial charge in [0.15, 0.2) is 5.43 Å². The van der Waals surface area contributed by atoms with E-state index in [9.17, 15) is 9.18 Å². The molecule has 4 rings (SSSR count). The molecule has 0 aliphatic rings. The Morgan fingerprint density at radius 3 is 2.00 bits per heavy atom. The van der Waals surface area contributed by atoms with E-state index in [1.807, 2.05) is 4.57 Å². The van der Waals surface area contributed by atoms with Crippen LogP contribution in [0, 0.1) is 5.82 Å². The first-order valence-electron chi connectivity index (χ1n) is 12.7. The second kappa shape index (κ2) is 10.5. The van der Waals surface area contributed by atoms with Crippen LogP contribution in [-0.4, -0.2) is 19.0 Å². The lowest BCUT2D eigenvalue weighted by atomic mass is 10.1. The van der Waals surface area contributed by atoms with Gasteiger partial charge in [-0.05, 0) is 60.3 Å². The summed E-state index contributed by atoms with van der Waals surface area (Å²) < 4.78 is 23.2. The van der Waals surface area contributed by atoms with Gasteiger partial charge in [0, 0.05) is 29.8 Å². The van der Waals surface area contributed by atoms with Crippen LogP contribution in [0.25, 0.3) is 10.9 Å². The molecule has 0 spiro atoms. The molecule has 0 bridgehead atoms. The molecule has 3 nitrogen and oxygen atoms in total. The van der Waals surface area contributed by atoms with Crippen molar-refractivity contribution < 1.29 is 8.82 Å². The van der Waals surface area contributed by atoms with Gasteiger partial charge in [0.2, 0.25) is 0 Å². The quantitative estimate of drug-likeness (QED) is 0.260. The maximum absolute atomic E-state index is 14.0. The Kier molecular flexibility index (Phi) is 7.62. The van der Waals surface area contributed by atoms with E-state index in [0.29, 0.717) is 10.9 Å². The molecule has 188 valence electrons. The Balaban J connectivity index is 1.63. The van der Waals surface area contributed by atoms with Crippen molar-refractivity contribution in [2.24, 2.45) is 0 Å². The molecule has 3 aromatic carbocycles. The number of pyridine rings is 1. The smallest absolute Gasteiger partial charge is 0.261 e. The number of hydrogen-bond acceptors (Lipinski definition) is 2. The van der Waals surface area contributed by atoms with E-state index in [1.165, 1.54) is 22.5 Å². The highest BCUT2D eigenvalue weighted by atomic mass is 28.4. The number of nitrogens with zero attached hydrogens (tertiary/aromatic N) is 1. The zero-order chi connectivity index (χ0) is 25.9. The predicted octanol–water partition coefficient (Wildman–Crippen LogP) is 6.45. The summed E-state index contributed by atoms with van der Waals surface area (Å²) in [7, 11) is -2.62. The first kappa shape index (κ1) is 26.1. The SMILES string of the molecule is C[C@@H](CC[C@H](C)n1ccc(=O)c2ccc(F)cc21)O[Si](c1ccccc1)(c1ccccc1)C(C)(C)C. The average Bonchev–Trinajstić information content (AvgIpc) is 2.86. The molecule has 2 atom stereocenters. The lowest BCUT2D eigenvalue weighted by molar-refractivity contribution is 0.187. The van der Waals surface area contributed by atoms with Crippen LogP contribution in [0.2, 0.25) is 5.04 Å². The van der Waals surface area contributed by atoms with Crippen LogP contribution in [0.4, 0.5) is 4.39 Å². The minimum Gasteiger partial charge on any atom is -0.405 e. The van der Waals surface area contributed by atoms with Crippen molar-refractivity contribution in [3.05, 3.63) is 107 Å². The number of rotatable bonds is 8. The molecule has 0 aliphatic carbocycles. The van der Waals surface area contributed by atoms with Crippen LogP contribution in [-0.2, 0) is 4.43 Å². The fraction of sp³-hybridized carbons (Fsp3) is 0.323. The molecule has 0 saturated heterocycles. The number of hydrogen-bond donors (Lipinski definition) is 0. The van der Waals surface area contributed by atoms with Crippen molar-refractivity contribution in [1.29, 1.82) is 0 Å². The molecule has 0 amide bonds. The lowest BCUT2D eigenvalue weighted by Gasteiger charge is -2.44. The van der Waals surface area contributed by atoms with Crippen molar-refractivity contribution in [2.45, 2.75) is 64.6 Å². The normalized spacial score (nSPS) is 14.1. The van der Waals surface area contributed by atoms with E-state index in [1.54, 1.807) is 18.3 Å². The summed E-state index contributed by atoms with van der Waals surface area (Å²) in [6.07, 6.45) is 3.48. The second-order valence-corrected chi connectivity index (χ2v) is 15.0. The largest absolute Gasteiger partial charge is 0.405 e. The summed E-state index contributed by atoms with van der Waals surface area (Å²) in [6, 6.07) is 27.4. The Labute approximate surface area is 214 Å². The highest BCUT2D eigenvalue weighted by molar-refractivity contribution is 6.99. The molecular formula is C31H36FNO2Si. The Hall–Kier alpha value is -3.02. The topological polar surface area (TPSA) is 31.2 Å². The zero-order valence-corrected chi connectivity index (χ0v) is 22.9. The Morgan fingerprint density at radius 2 is 1.44 bits per heavy atom. The fourth-order valence-corrected chi connectivity index (χ4v) is 10.0. The van der Waals surface area contributed by atoms with Gasteiger partial charge in [-0.2, -0.15) is 0 Å². The lowest BCUT2D eigenvalue weighted by Crippen LogP contribution is -2.67. The van der Waals surface area contributed by atoms with Gasteiger partial charge in [0.1, 0.15) is 5.82 Å². The number of halogens is 1. The zero-order valence-electron chi connectivity index (χ0n) is 21.9. The van der Waals surface area contributed by atoms with Gasteiger partial charge in [-0.3, -0.25) is 4.79 Å². The summed E-state index contributed by atoms with van der Waals surface area (Å²) in [5.74, 6) is -0.336. The van der Waals surface area contributed by atoms with Crippen LogP contribution >= 0.6 is 0 Å². The van der Waals surface area contributed by atoms with E-state index in [2.05, 4.69) is 95.3 Å². The van der Waals surface area contributed by atoms with Gasteiger partial charge < -0.3 is 8.99 Å². The fourth-order valence-electron chi connectivity index (χ4n) is 5.30. The summed E-state index contributed by atoms with van der Waals surface area (Å²) in [5, 5.41) is 3.00. The molecule has 0 saturated carbocycles. The van der Waals surface area contributed by atoms with Crippen LogP contribution in [0.15, 0.2) is 95.9 Å². The molecule has 5 heteroatoms. The average molecular weight is 502 g/mol. The van der Waals surface area contributed by atoms with Crippen molar-refractivity contribution in [1.82, 2.24) is 4.57 Å². The highest BCUT2D eigenvalue weighted by Gasteiger charge is 2.50. The monoisotopic (exact) mass is 501 g/mol. The molecule has 36 heavy (non-hydrogen) atoms. The van der Waals surface area contributed by atoms with Crippen LogP contribution in [0.3, 0.4) is 0 Å². The molecular weight excluding hydrogens is 465 g/mol. The van der Waals surface area contributed by atoms with E-state index < -0.39 is 8.32 Å². The molecule has 1 aromatic heterocycles. The summed E-state index contributed by atoms with van der Waals surface area (Å²) in [5.41, 5.74) is 0.549. The van der Waals surface area contributed by atoms with Crippen molar-refractivity contribution in [3.63, 3.8) is 0 Å². The van der Waals surface area contributed by atoms with Gasteiger partial charge in [-0.15, -0.1) is 0 Å². The van der Waals surface area contributed by atoms with Gasteiger partial charge in [-0.25, -0.2) is 4.39 Å². The maximum Gasteiger partial charge on any atom is 0.261 e. The van der Waals surface area contributed by atoms with Crippen LogP contribution in [0.5, 0.6) is 0 Å². The second-order valence-electron chi connectivity index (χ2n) is 10.8. The summed E-state index contributed by atoms with van der Waals surface area (Å²) in [6.45, 7) is 11.1. The molecule has 1 heterocycles. The first-order valence-corrected chi connectivity index (χ1v) is 14.6. The molecule has 0 radical (unpaired) electrons. The molecule has 0 N–H and O–H groups in total. The van der Waals surface area contributed by atoms with E-state index in [-0.39, 0.29) is 28.4 Å². The Bertz CT molecular complexity index is 1320. The van der Waals surface area contributed by atoms with Crippen molar-refractivity contribution in [3.8, 4) is 0 Å². The molecule has 4 aromatic rings. The van der Waals surface area contributed by atoms with E-state index >= 15 is 0 Å². The third kappa shape index (κ3) is 5.09. The van der Waals surface area contributed by atoms with Crippen LogP contribution in [0.1, 0.15) is 53.5 Å². The van der Waals surface area contributed by atoms with Crippen LogP contribution < -0.4 is 15.8 Å². The summed E-state index contributed by atoms with van der Waals surface area (Å²) >= 11 is 0.